The van der Waals surface area contributed by atoms with Gasteiger partial charge in [-0.05, 0) is 114 Å². The van der Waals surface area contributed by atoms with Crippen molar-refractivity contribution in [3.05, 3.63) is 158 Å². The average Bonchev–Trinajstić information content (AvgIpc) is 3.72. The van der Waals surface area contributed by atoms with Gasteiger partial charge in [-0.25, -0.2) is 0 Å². The molecule has 0 N–H and O–H groups in total. The predicted octanol–water partition coefficient (Wildman–Crippen LogP) is 13.4. The van der Waals surface area contributed by atoms with Gasteiger partial charge in [-0.15, -0.1) is 0 Å². The van der Waals surface area contributed by atoms with Gasteiger partial charge in [0, 0.05) is 21.5 Å². The van der Waals surface area contributed by atoms with E-state index in [4.69, 9.17) is 8.83 Å². The summed E-state index contributed by atoms with van der Waals surface area (Å²) in [6, 6.07) is 56.8. The molecule has 0 fully saturated rings. The lowest BCUT2D eigenvalue weighted by atomic mass is 9.92. The van der Waals surface area contributed by atoms with Crippen molar-refractivity contribution in [2.24, 2.45) is 0 Å². The molecule has 11 rings (SSSR count). The molecule has 0 aliphatic heterocycles. The standard InChI is InChI=1S/C46H26O2/c1-3-11-31-27(9-1)23-39(35-15-7-5-13-33(31)35)29-17-21-43-41(25-29)37-19-20-38-42-26-30(18-22-44(42)48-46(38)45(37)47-43)40-24-28-10-2-4-12-32(28)34-14-6-8-16-36(34)40/h1-26H. The van der Waals surface area contributed by atoms with Gasteiger partial charge in [0.25, 0.3) is 0 Å². The molecular weight excluding hydrogens is 585 g/mol. The second kappa shape index (κ2) is 9.57. The topological polar surface area (TPSA) is 26.3 Å². The van der Waals surface area contributed by atoms with Gasteiger partial charge in [0.05, 0.1) is 0 Å². The first kappa shape index (κ1) is 25.8. The van der Waals surface area contributed by atoms with Gasteiger partial charge in [0.2, 0.25) is 0 Å². The van der Waals surface area contributed by atoms with Crippen molar-refractivity contribution in [3.8, 4) is 22.3 Å². The number of furan rings is 2. The van der Waals surface area contributed by atoms with Crippen LogP contribution in [0.1, 0.15) is 0 Å². The van der Waals surface area contributed by atoms with Gasteiger partial charge in [-0.3, -0.25) is 0 Å². The van der Waals surface area contributed by atoms with Crippen LogP contribution in [0.5, 0.6) is 0 Å². The van der Waals surface area contributed by atoms with Crippen molar-refractivity contribution in [1.29, 1.82) is 0 Å². The number of rotatable bonds is 2. The van der Waals surface area contributed by atoms with Crippen molar-refractivity contribution in [3.63, 3.8) is 0 Å². The van der Waals surface area contributed by atoms with E-state index in [1.807, 2.05) is 0 Å². The molecule has 0 aliphatic carbocycles. The van der Waals surface area contributed by atoms with E-state index in [9.17, 15) is 0 Å². The molecule has 222 valence electrons. The molecule has 2 aromatic heterocycles. The smallest absolute Gasteiger partial charge is 0.178 e. The molecular formula is C46H26O2. The Kier molecular flexibility index (Phi) is 5.14. The Morgan fingerprint density at radius 2 is 0.667 bits per heavy atom. The molecule has 0 atom stereocenters. The molecule has 2 heteroatoms. The molecule has 0 amide bonds. The zero-order chi connectivity index (χ0) is 31.3. The van der Waals surface area contributed by atoms with Gasteiger partial charge in [-0.1, -0.05) is 109 Å². The molecule has 0 unspecified atom stereocenters. The summed E-state index contributed by atoms with van der Waals surface area (Å²) in [5.41, 5.74) is 8.07. The fraction of sp³-hybridized carbons (Fsp3) is 0. The Balaban J connectivity index is 1.11. The number of hydrogen-bond acceptors (Lipinski definition) is 2. The summed E-state index contributed by atoms with van der Waals surface area (Å²) >= 11 is 0. The van der Waals surface area contributed by atoms with Crippen LogP contribution in [0.4, 0.5) is 0 Å². The minimum Gasteiger partial charge on any atom is -0.452 e. The predicted molar refractivity (Wildman–Crippen MR) is 202 cm³/mol. The normalized spacial score (nSPS) is 12.2. The van der Waals surface area contributed by atoms with Crippen LogP contribution >= 0.6 is 0 Å². The maximum absolute atomic E-state index is 6.57. The van der Waals surface area contributed by atoms with Crippen molar-refractivity contribution in [1.82, 2.24) is 0 Å². The second-order valence-electron chi connectivity index (χ2n) is 12.8. The van der Waals surface area contributed by atoms with Gasteiger partial charge in [-0.2, -0.15) is 0 Å². The maximum atomic E-state index is 6.57. The summed E-state index contributed by atoms with van der Waals surface area (Å²) in [6.45, 7) is 0. The van der Waals surface area contributed by atoms with Gasteiger partial charge in [0.15, 0.2) is 11.2 Å². The molecule has 9 aromatic carbocycles. The highest BCUT2D eigenvalue weighted by Crippen LogP contribution is 2.43. The minimum absolute atomic E-state index is 0.789. The van der Waals surface area contributed by atoms with Crippen molar-refractivity contribution in [2.45, 2.75) is 0 Å². The monoisotopic (exact) mass is 610 g/mol. The molecule has 11 aromatic rings. The first-order valence-electron chi connectivity index (χ1n) is 16.4. The fourth-order valence-corrected chi connectivity index (χ4v) is 7.99. The third-order valence-electron chi connectivity index (χ3n) is 10.2. The van der Waals surface area contributed by atoms with Crippen LogP contribution in [-0.4, -0.2) is 0 Å². The van der Waals surface area contributed by atoms with Gasteiger partial charge < -0.3 is 8.83 Å². The Hall–Kier alpha value is -6.38. The quantitative estimate of drug-likeness (QED) is 0.182. The van der Waals surface area contributed by atoms with E-state index in [1.54, 1.807) is 0 Å². The van der Waals surface area contributed by atoms with Crippen LogP contribution in [0.2, 0.25) is 0 Å². The number of hydrogen-bond donors (Lipinski definition) is 0. The summed E-state index contributed by atoms with van der Waals surface area (Å²) in [5.74, 6) is 0. The van der Waals surface area contributed by atoms with Crippen molar-refractivity contribution >= 4 is 87.0 Å². The van der Waals surface area contributed by atoms with Gasteiger partial charge in [0.1, 0.15) is 11.2 Å². The van der Waals surface area contributed by atoms with Crippen LogP contribution in [0.3, 0.4) is 0 Å². The first-order chi connectivity index (χ1) is 23.8. The highest BCUT2D eigenvalue weighted by Gasteiger charge is 2.18. The highest BCUT2D eigenvalue weighted by atomic mass is 16.4. The summed E-state index contributed by atoms with van der Waals surface area (Å²) in [4.78, 5) is 0. The van der Waals surface area contributed by atoms with Crippen LogP contribution in [0.15, 0.2) is 167 Å². The largest absolute Gasteiger partial charge is 0.452 e. The lowest BCUT2D eigenvalue weighted by Crippen LogP contribution is -1.84. The Morgan fingerprint density at radius 1 is 0.271 bits per heavy atom. The fourth-order valence-electron chi connectivity index (χ4n) is 7.99. The molecule has 0 saturated heterocycles. The van der Waals surface area contributed by atoms with Crippen LogP contribution in [-0.2, 0) is 0 Å². The molecule has 0 aliphatic rings. The molecule has 0 saturated carbocycles. The Bertz CT molecular complexity index is 2910. The SMILES string of the molecule is c1ccc2c(c1)cc(-c1ccc3oc4c(ccc5c6cc(-c7cc8ccccc8c8ccccc78)ccc6oc54)c3c1)c1ccccc12. The van der Waals surface area contributed by atoms with Gasteiger partial charge >= 0.3 is 0 Å². The van der Waals surface area contributed by atoms with E-state index >= 15 is 0 Å². The van der Waals surface area contributed by atoms with Crippen LogP contribution in [0.25, 0.3) is 109 Å². The van der Waals surface area contributed by atoms with Crippen LogP contribution in [0, 0.1) is 0 Å². The van der Waals surface area contributed by atoms with Crippen molar-refractivity contribution in [2.75, 3.05) is 0 Å². The number of fused-ring (bicyclic) bond motifs is 13. The first-order valence-corrected chi connectivity index (χ1v) is 16.4. The maximum Gasteiger partial charge on any atom is 0.178 e. The van der Waals surface area contributed by atoms with E-state index < -0.39 is 0 Å². The lowest BCUT2D eigenvalue weighted by Gasteiger charge is -2.11. The summed E-state index contributed by atoms with van der Waals surface area (Å²) in [7, 11) is 0. The van der Waals surface area contributed by atoms with E-state index in [-0.39, 0.29) is 0 Å². The van der Waals surface area contributed by atoms with Crippen molar-refractivity contribution < 1.29 is 8.83 Å². The minimum atomic E-state index is 0.789. The van der Waals surface area contributed by atoms with E-state index in [0.29, 0.717) is 0 Å². The second-order valence-corrected chi connectivity index (χ2v) is 12.8. The molecule has 2 heterocycles. The summed E-state index contributed by atoms with van der Waals surface area (Å²) in [5, 5.41) is 14.4. The lowest BCUT2D eigenvalue weighted by molar-refractivity contribution is 0.633. The molecule has 0 spiro atoms. The zero-order valence-corrected chi connectivity index (χ0v) is 25.8. The average molecular weight is 611 g/mol. The Morgan fingerprint density at radius 3 is 1.12 bits per heavy atom. The van der Waals surface area contributed by atoms with E-state index in [2.05, 4.69) is 158 Å². The zero-order valence-electron chi connectivity index (χ0n) is 25.8. The summed E-state index contributed by atoms with van der Waals surface area (Å²) < 4.78 is 13.1. The molecule has 2 nitrogen and oxygen atoms in total. The molecule has 48 heavy (non-hydrogen) atoms. The molecule has 0 bridgehead atoms. The number of benzene rings is 9. The van der Waals surface area contributed by atoms with Crippen LogP contribution < -0.4 is 0 Å². The molecule has 0 radical (unpaired) electrons. The van der Waals surface area contributed by atoms with E-state index in [1.165, 1.54) is 65.3 Å². The third kappa shape index (κ3) is 3.57. The Labute approximate surface area is 275 Å². The summed E-state index contributed by atoms with van der Waals surface area (Å²) in [6.07, 6.45) is 0. The third-order valence-corrected chi connectivity index (χ3v) is 10.2. The van der Waals surface area contributed by atoms with E-state index in [0.717, 1.165) is 43.9 Å². The highest BCUT2D eigenvalue weighted by molar-refractivity contribution is 6.21.